The van der Waals surface area contributed by atoms with Crippen LogP contribution in [-0.2, 0) is 11.3 Å². The fourth-order valence-corrected chi connectivity index (χ4v) is 1.96. The number of hydrogen-bond donors (Lipinski definition) is 2. The maximum atomic E-state index is 13.7. The van der Waals surface area contributed by atoms with Crippen molar-refractivity contribution in [3.8, 4) is 0 Å². The summed E-state index contributed by atoms with van der Waals surface area (Å²) in [6.07, 6.45) is 0. The molecule has 5 heteroatoms. The predicted octanol–water partition coefficient (Wildman–Crippen LogP) is 3.84. The Morgan fingerprint density at radius 2 is 1.81 bits per heavy atom. The summed E-state index contributed by atoms with van der Waals surface area (Å²) in [6, 6.07) is 9.45. The van der Waals surface area contributed by atoms with Crippen molar-refractivity contribution in [3.05, 3.63) is 59.2 Å². The molecule has 2 N–H and O–H groups in total. The fourth-order valence-electron chi connectivity index (χ4n) is 1.96. The fraction of sp³-hybridized carbons (Fsp3) is 0.188. The molecule has 2 rings (SSSR count). The van der Waals surface area contributed by atoms with Crippen molar-refractivity contribution in [2.75, 3.05) is 10.6 Å². The molecule has 0 fully saturated rings. The first-order valence-electron chi connectivity index (χ1n) is 6.52. The molecule has 0 unspecified atom stereocenters. The zero-order valence-electron chi connectivity index (χ0n) is 11.8. The third kappa shape index (κ3) is 3.78. The number of rotatable bonds is 4. The summed E-state index contributed by atoms with van der Waals surface area (Å²) < 4.78 is 27.2. The van der Waals surface area contributed by atoms with Crippen LogP contribution < -0.4 is 10.6 Å². The summed E-state index contributed by atoms with van der Waals surface area (Å²) >= 11 is 0. The van der Waals surface area contributed by atoms with Crippen LogP contribution in [0.3, 0.4) is 0 Å². The summed E-state index contributed by atoms with van der Waals surface area (Å²) in [5, 5.41) is 5.54. The standard InChI is InChI=1S/C16H16F2N2O/c1-10-7-14(18)16(8-13(10)17)19-9-12-5-3-4-6-15(12)20-11(2)21/h3-8,19H,9H2,1-2H3,(H,20,21). The second-order valence-corrected chi connectivity index (χ2v) is 4.77. The minimum absolute atomic E-state index is 0.0933. The zero-order chi connectivity index (χ0) is 15.4. The largest absolute Gasteiger partial charge is 0.378 e. The Morgan fingerprint density at radius 1 is 1.10 bits per heavy atom. The first-order chi connectivity index (χ1) is 9.97. The second kappa shape index (κ2) is 6.35. The Morgan fingerprint density at radius 3 is 2.52 bits per heavy atom. The molecule has 0 saturated carbocycles. The number of anilines is 2. The average molecular weight is 290 g/mol. The number of amides is 1. The molecule has 0 aliphatic heterocycles. The second-order valence-electron chi connectivity index (χ2n) is 4.77. The number of carbonyl (C=O) groups is 1. The summed E-state index contributed by atoms with van der Waals surface area (Å²) in [4.78, 5) is 11.1. The molecule has 3 nitrogen and oxygen atoms in total. The molecule has 0 aliphatic rings. The topological polar surface area (TPSA) is 41.1 Å². The van der Waals surface area contributed by atoms with E-state index in [1.165, 1.54) is 13.8 Å². The highest BCUT2D eigenvalue weighted by atomic mass is 19.1. The normalized spacial score (nSPS) is 10.3. The van der Waals surface area contributed by atoms with Gasteiger partial charge in [0, 0.05) is 25.2 Å². The molecule has 110 valence electrons. The van der Waals surface area contributed by atoms with E-state index in [9.17, 15) is 13.6 Å². The molecule has 21 heavy (non-hydrogen) atoms. The average Bonchev–Trinajstić information content (AvgIpc) is 2.42. The van der Waals surface area contributed by atoms with Crippen LogP contribution in [0, 0.1) is 18.6 Å². The van der Waals surface area contributed by atoms with E-state index < -0.39 is 11.6 Å². The number of aryl methyl sites for hydroxylation is 1. The lowest BCUT2D eigenvalue weighted by atomic mass is 10.1. The van der Waals surface area contributed by atoms with E-state index in [0.717, 1.165) is 17.7 Å². The van der Waals surface area contributed by atoms with Crippen LogP contribution >= 0.6 is 0 Å². The van der Waals surface area contributed by atoms with Crippen LogP contribution in [0.15, 0.2) is 36.4 Å². The van der Waals surface area contributed by atoms with Gasteiger partial charge in [-0.2, -0.15) is 0 Å². The van der Waals surface area contributed by atoms with Crippen molar-refractivity contribution in [2.45, 2.75) is 20.4 Å². The molecule has 2 aromatic rings. The van der Waals surface area contributed by atoms with E-state index in [0.29, 0.717) is 5.69 Å². The van der Waals surface area contributed by atoms with Crippen molar-refractivity contribution in [2.24, 2.45) is 0 Å². The summed E-state index contributed by atoms with van der Waals surface area (Å²) in [5.74, 6) is -1.16. The van der Waals surface area contributed by atoms with Crippen molar-refractivity contribution in [1.29, 1.82) is 0 Å². The van der Waals surface area contributed by atoms with E-state index in [2.05, 4.69) is 10.6 Å². The van der Waals surface area contributed by atoms with Gasteiger partial charge in [0.2, 0.25) is 5.91 Å². The molecule has 0 radical (unpaired) electrons. The minimum atomic E-state index is -0.508. The lowest BCUT2D eigenvalue weighted by Crippen LogP contribution is -2.10. The van der Waals surface area contributed by atoms with Crippen molar-refractivity contribution >= 4 is 17.3 Å². The van der Waals surface area contributed by atoms with Crippen LogP contribution in [0.2, 0.25) is 0 Å². The maximum Gasteiger partial charge on any atom is 0.221 e. The lowest BCUT2D eigenvalue weighted by molar-refractivity contribution is -0.114. The van der Waals surface area contributed by atoms with Crippen LogP contribution in [0.1, 0.15) is 18.1 Å². The maximum absolute atomic E-state index is 13.7. The smallest absolute Gasteiger partial charge is 0.221 e. The molecule has 1 amide bonds. The van der Waals surface area contributed by atoms with Crippen LogP contribution in [0.25, 0.3) is 0 Å². The number of carbonyl (C=O) groups excluding carboxylic acids is 1. The third-order valence-corrected chi connectivity index (χ3v) is 3.05. The van der Waals surface area contributed by atoms with Gasteiger partial charge in [-0.05, 0) is 30.2 Å². The van der Waals surface area contributed by atoms with E-state index >= 15 is 0 Å². The molecule has 2 aromatic carbocycles. The first kappa shape index (κ1) is 15.0. The minimum Gasteiger partial charge on any atom is -0.378 e. The summed E-state index contributed by atoms with van der Waals surface area (Å²) in [5.41, 5.74) is 1.78. The van der Waals surface area contributed by atoms with Crippen molar-refractivity contribution in [1.82, 2.24) is 0 Å². The van der Waals surface area contributed by atoms with Gasteiger partial charge < -0.3 is 10.6 Å². The highest BCUT2D eigenvalue weighted by Gasteiger charge is 2.08. The van der Waals surface area contributed by atoms with E-state index in [4.69, 9.17) is 0 Å². The van der Waals surface area contributed by atoms with E-state index in [1.54, 1.807) is 18.2 Å². The molecule has 0 bridgehead atoms. The molecule has 0 saturated heterocycles. The number of benzene rings is 2. The Bertz CT molecular complexity index is 671. The molecular weight excluding hydrogens is 274 g/mol. The van der Waals surface area contributed by atoms with Gasteiger partial charge in [-0.25, -0.2) is 8.78 Å². The highest BCUT2D eigenvalue weighted by molar-refractivity contribution is 5.89. The molecule has 0 atom stereocenters. The molecule has 0 aromatic heterocycles. The Labute approximate surface area is 122 Å². The lowest BCUT2D eigenvalue weighted by Gasteiger charge is -2.12. The van der Waals surface area contributed by atoms with E-state index in [-0.39, 0.29) is 23.7 Å². The third-order valence-electron chi connectivity index (χ3n) is 3.05. The predicted molar refractivity (Wildman–Crippen MR) is 79.2 cm³/mol. The quantitative estimate of drug-likeness (QED) is 0.898. The number of nitrogens with one attached hydrogen (secondary N) is 2. The van der Waals surface area contributed by atoms with Gasteiger partial charge in [-0.15, -0.1) is 0 Å². The zero-order valence-corrected chi connectivity index (χ0v) is 11.8. The van der Waals surface area contributed by atoms with Gasteiger partial charge in [-0.1, -0.05) is 18.2 Å². The highest BCUT2D eigenvalue weighted by Crippen LogP contribution is 2.21. The van der Waals surface area contributed by atoms with E-state index in [1.807, 2.05) is 6.07 Å². The Hall–Kier alpha value is -2.43. The number of halogens is 2. The van der Waals surface area contributed by atoms with Crippen LogP contribution in [0.5, 0.6) is 0 Å². The van der Waals surface area contributed by atoms with Crippen molar-refractivity contribution in [3.63, 3.8) is 0 Å². The number of para-hydroxylation sites is 1. The van der Waals surface area contributed by atoms with Gasteiger partial charge in [0.1, 0.15) is 11.6 Å². The monoisotopic (exact) mass is 290 g/mol. The van der Waals surface area contributed by atoms with Gasteiger partial charge in [0.25, 0.3) is 0 Å². The van der Waals surface area contributed by atoms with Gasteiger partial charge in [-0.3, -0.25) is 4.79 Å². The number of hydrogen-bond acceptors (Lipinski definition) is 2. The Kier molecular flexibility index (Phi) is 4.52. The first-order valence-corrected chi connectivity index (χ1v) is 6.52. The summed E-state index contributed by atoms with van der Waals surface area (Å²) in [6.45, 7) is 3.20. The molecule has 0 aliphatic carbocycles. The Balaban J connectivity index is 2.17. The van der Waals surface area contributed by atoms with Gasteiger partial charge >= 0.3 is 0 Å². The van der Waals surface area contributed by atoms with Crippen LogP contribution in [-0.4, -0.2) is 5.91 Å². The van der Waals surface area contributed by atoms with Crippen molar-refractivity contribution < 1.29 is 13.6 Å². The SMILES string of the molecule is CC(=O)Nc1ccccc1CNc1cc(F)c(C)cc1F. The molecule has 0 heterocycles. The summed E-state index contributed by atoms with van der Waals surface area (Å²) in [7, 11) is 0. The van der Waals surface area contributed by atoms with Gasteiger partial charge in [0.15, 0.2) is 0 Å². The molecule has 0 spiro atoms. The van der Waals surface area contributed by atoms with Crippen LogP contribution in [0.4, 0.5) is 20.2 Å². The molecular formula is C16H16F2N2O. The van der Waals surface area contributed by atoms with Gasteiger partial charge in [0.05, 0.1) is 5.69 Å².